The van der Waals surface area contributed by atoms with Gasteiger partial charge in [0.1, 0.15) is 11.6 Å². The minimum Gasteiger partial charge on any atom is -0.493 e. The minimum atomic E-state index is -0.452. The predicted octanol–water partition coefficient (Wildman–Crippen LogP) is 0.904. The van der Waals surface area contributed by atoms with Crippen molar-refractivity contribution >= 4 is 11.6 Å². The number of rotatable bonds is 5. The third kappa shape index (κ3) is 3.01. The van der Waals surface area contributed by atoms with E-state index in [0.29, 0.717) is 22.8 Å². The molecule has 0 spiro atoms. The smallest absolute Gasteiger partial charge is 0.263 e. The van der Waals surface area contributed by atoms with E-state index in [1.807, 2.05) is 6.07 Å². The lowest BCUT2D eigenvalue weighted by Gasteiger charge is -2.13. The summed E-state index contributed by atoms with van der Waals surface area (Å²) in [5, 5.41) is 14.5. The molecule has 0 bridgehead atoms. The fraction of sp³-hybridized carbons (Fsp3) is 0.286. The highest BCUT2D eigenvalue weighted by atomic mass is 16.5. The topological polar surface area (TPSA) is 83.4 Å². The van der Waals surface area contributed by atoms with E-state index in [1.54, 1.807) is 25.2 Å². The number of carbonyl (C=O) groups excluding carboxylic acids is 1. The van der Waals surface area contributed by atoms with Gasteiger partial charge in [-0.3, -0.25) is 4.79 Å². The van der Waals surface area contributed by atoms with Crippen LogP contribution in [0.4, 0.5) is 0 Å². The van der Waals surface area contributed by atoms with Crippen molar-refractivity contribution < 1.29 is 14.3 Å². The Hall–Kier alpha value is -2.68. The molecular weight excluding hydrogens is 258 g/mol. The van der Waals surface area contributed by atoms with Crippen LogP contribution in [-0.2, 0) is 4.79 Å². The molecular formula is C14H17N3O3. The number of nitriles is 1. The van der Waals surface area contributed by atoms with Crippen molar-refractivity contribution in [3.8, 4) is 17.6 Å². The summed E-state index contributed by atoms with van der Waals surface area (Å²) >= 11 is 0. The normalized spacial score (nSPS) is 10.9. The molecule has 0 aliphatic carbocycles. The van der Waals surface area contributed by atoms with Crippen LogP contribution in [0.25, 0.3) is 5.70 Å². The number of nitrogens with zero attached hydrogens (tertiary/aromatic N) is 1. The van der Waals surface area contributed by atoms with Gasteiger partial charge in [-0.25, -0.2) is 0 Å². The molecule has 1 amide bonds. The second-order valence-electron chi connectivity index (χ2n) is 3.76. The van der Waals surface area contributed by atoms with E-state index in [2.05, 4.69) is 10.6 Å². The van der Waals surface area contributed by atoms with Crippen LogP contribution < -0.4 is 20.1 Å². The lowest BCUT2D eigenvalue weighted by Crippen LogP contribution is -2.23. The SMILES string of the molecule is CNC(=O)/C(C#N)=C(\NC)c1ccc(OC)c(OC)c1. The van der Waals surface area contributed by atoms with Crippen molar-refractivity contribution in [3.63, 3.8) is 0 Å². The lowest BCUT2D eigenvalue weighted by molar-refractivity contribution is -0.116. The number of hydrogen-bond acceptors (Lipinski definition) is 5. The molecule has 0 saturated carbocycles. The van der Waals surface area contributed by atoms with Crippen LogP contribution in [0.3, 0.4) is 0 Å². The summed E-state index contributed by atoms with van der Waals surface area (Å²) < 4.78 is 10.4. The van der Waals surface area contributed by atoms with Gasteiger partial charge in [-0.2, -0.15) is 5.26 Å². The van der Waals surface area contributed by atoms with E-state index < -0.39 is 5.91 Å². The fourth-order valence-electron chi connectivity index (χ4n) is 1.75. The highest BCUT2D eigenvalue weighted by Crippen LogP contribution is 2.30. The van der Waals surface area contributed by atoms with Gasteiger partial charge in [0.2, 0.25) is 0 Å². The van der Waals surface area contributed by atoms with Gasteiger partial charge in [0.05, 0.1) is 19.9 Å². The molecule has 1 rings (SSSR count). The quantitative estimate of drug-likeness (QED) is 0.616. The first-order valence-corrected chi connectivity index (χ1v) is 5.89. The Morgan fingerprint density at radius 1 is 1.15 bits per heavy atom. The van der Waals surface area contributed by atoms with Crippen molar-refractivity contribution in [2.75, 3.05) is 28.3 Å². The van der Waals surface area contributed by atoms with Gasteiger partial charge in [-0.1, -0.05) is 0 Å². The van der Waals surface area contributed by atoms with Gasteiger partial charge in [-0.05, 0) is 18.2 Å². The molecule has 0 fully saturated rings. The third-order valence-electron chi connectivity index (χ3n) is 2.74. The zero-order valence-electron chi connectivity index (χ0n) is 11.9. The minimum absolute atomic E-state index is 0.00206. The van der Waals surface area contributed by atoms with E-state index in [1.165, 1.54) is 21.3 Å². The number of nitrogens with one attached hydrogen (secondary N) is 2. The summed E-state index contributed by atoms with van der Waals surface area (Å²) in [6.45, 7) is 0. The molecule has 0 atom stereocenters. The molecule has 1 aromatic rings. The summed E-state index contributed by atoms with van der Waals surface area (Å²) in [5.74, 6) is 0.642. The van der Waals surface area contributed by atoms with Crippen molar-refractivity contribution in [3.05, 3.63) is 29.3 Å². The first kappa shape index (κ1) is 15.4. The van der Waals surface area contributed by atoms with Crippen LogP contribution in [0.15, 0.2) is 23.8 Å². The molecule has 20 heavy (non-hydrogen) atoms. The highest BCUT2D eigenvalue weighted by Gasteiger charge is 2.16. The summed E-state index contributed by atoms with van der Waals surface area (Å²) in [6.07, 6.45) is 0. The van der Waals surface area contributed by atoms with E-state index in [0.717, 1.165) is 0 Å². The molecule has 106 valence electrons. The Bertz CT molecular complexity index is 574. The standard InChI is InChI=1S/C14H17N3O3/c1-16-13(10(8-15)14(18)17-2)9-5-6-11(19-3)12(7-9)20-4/h5-7,16H,1-4H3,(H,17,18)/b13-10-. The molecule has 2 N–H and O–H groups in total. The number of amides is 1. The Morgan fingerprint density at radius 3 is 2.25 bits per heavy atom. The maximum Gasteiger partial charge on any atom is 0.263 e. The van der Waals surface area contributed by atoms with Crippen LogP contribution in [0.5, 0.6) is 11.5 Å². The van der Waals surface area contributed by atoms with E-state index >= 15 is 0 Å². The maximum absolute atomic E-state index is 11.7. The zero-order valence-corrected chi connectivity index (χ0v) is 11.9. The monoisotopic (exact) mass is 275 g/mol. The Morgan fingerprint density at radius 2 is 1.80 bits per heavy atom. The van der Waals surface area contributed by atoms with E-state index in [4.69, 9.17) is 14.7 Å². The Labute approximate surface area is 118 Å². The van der Waals surface area contributed by atoms with Crippen LogP contribution >= 0.6 is 0 Å². The largest absolute Gasteiger partial charge is 0.493 e. The van der Waals surface area contributed by atoms with Gasteiger partial charge in [-0.15, -0.1) is 0 Å². The number of ether oxygens (including phenoxy) is 2. The van der Waals surface area contributed by atoms with Crippen LogP contribution in [0, 0.1) is 11.3 Å². The van der Waals surface area contributed by atoms with Crippen LogP contribution in [0.2, 0.25) is 0 Å². The first-order valence-electron chi connectivity index (χ1n) is 5.89. The van der Waals surface area contributed by atoms with Crippen molar-refractivity contribution in [2.45, 2.75) is 0 Å². The third-order valence-corrected chi connectivity index (χ3v) is 2.74. The molecule has 0 aliphatic rings. The summed E-state index contributed by atoms with van der Waals surface area (Å²) in [6, 6.07) is 7.06. The molecule has 0 heterocycles. The summed E-state index contributed by atoms with van der Waals surface area (Å²) in [4.78, 5) is 11.7. The van der Waals surface area contributed by atoms with Crippen molar-refractivity contribution in [1.82, 2.24) is 10.6 Å². The Kier molecular flexibility index (Phi) is 5.42. The maximum atomic E-state index is 11.7. The van der Waals surface area contributed by atoms with Crippen molar-refractivity contribution in [2.24, 2.45) is 0 Å². The first-order chi connectivity index (χ1) is 9.62. The van der Waals surface area contributed by atoms with Gasteiger partial charge >= 0.3 is 0 Å². The fourth-order valence-corrected chi connectivity index (χ4v) is 1.75. The molecule has 6 heteroatoms. The van der Waals surface area contributed by atoms with Gasteiger partial charge in [0.25, 0.3) is 5.91 Å². The van der Waals surface area contributed by atoms with Crippen LogP contribution in [0.1, 0.15) is 5.56 Å². The van der Waals surface area contributed by atoms with Gasteiger partial charge < -0.3 is 20.1 Å². The lowest BCUT2D eigenvalue weighted by atomic mass is 10.1. The van der Waals surface area contributed by atoms with Gasteiger partial charge in [0, 0.05) is 19.7 Å². The highest BCUT2D eigenvalue weighted by molar-refractivity contribution is 6.04. The molecule has 0 aromatic heterocycles. The molecule has 0 saturated heterocycles. The van der Waals surface area contributed by atoms with E-state index in [9.17, 15) is 4.79 Å². The molecule has 0 aliphatic heterocycles. The average Bonchev–Trinajstić information content (AvgIpc) is 2.50. The summed E-state index contributed by atoms with van der Waals surface area (Å²) in [7, 11) is 6.18. The number of benzene rings is 1. The van der Waals surface area contributed by atoms with Crippen LogP contribution in [-0.4, -0.2) is 34.2 Å². The number of hydrogen-bond donors (Lipinski definition) is 2. The average molecular weight is 275 g/mol. The number of methoxy groups -OCH3 is 2. The second kappa shape index (κ2) is 7.04. The van der Waals surface area contributed by atoms with Crippen molar-refractivity contribution in [1.29, 1.82) is 5.26 Å². The number of likely N-dealkylation sites (N-methyl/N-ethyl adjacent to an activating group) is 1. The molecule has 1 aromatic carbocycles. The zero-order chi connectivity index (χ0) is 15.1. The molecule has 6 nitrogen and oxygen atoms in total. The molecule has 0 unspecified atom stereocenters. The summed E-state index contributed by atoms with van der Waals surface area (Å²) in [5.41, 5.74) is 1.08. The van der Waals surface area contributed by atoms with E-state index in [-0.39, 0.29) is 5.57 Å². The van der Waals surface area contributed by atoms with Gasteiger partial charge in [0.15, 0.2) is 11.5 Å². The Balaban J connectivity index is 3.43. The predicted molar refractivity (Wildman–Crippen MR) is 75.2 cm³/mol. The number of carbonyl (C=O) groups is 1. The molecule has 0 radical (unpaired) electrons. The second-order valence-corrected chi connectivity index (χ2v) is 3.76.